The zero-order valence-corrected chi connectivity index (χ0v) is 11.7. The molecule has 0 aliphatic heterocycles. The van der Waals surface area contributed by atoms with Crippen molar-refractivity contribution in [3.05, 3.63) is 18.2 Å². The average molecular weight is 263 g/mol. The second-order valence-corrected chi connectivity index (χ2v) is 4.41. The fraction of sp³-hybridized carbons (Fsp3) is 0.500. The fourth-order valence-electron chi connectivity index (χ4n) is 2.21. The van der Waals surface area contributed by atoms with E-state index in [4.69, 9.17) is 15.2 Å². The van der Waals surface area contributed by atoms with Gasteiger partial charge in [0.25, 0.3) is 0 Å². The molecule has 0 spiro atoms. The summed E-state index contributed by atoms with van der Waals surface area (Å²) in [4.78, 5) is 4.42. The highest BCUT2D eigenvalue weighted by Gasteiger charge is 2.16. The normalized spacial score (nSPS) is 12.8. The first-order valence-corrected chi connectivity index (χ1v) is 6.66. The highest BCUT2D eigenvalue weighted by molar-refractivity contribution is 5.84. The minimum atomic E-state index is 0.141. The molecule has 0 saturated heterocycles. The van der Waals surface area contributed by atoms with E-state index in [-0.39, 0.29) is 6.04 Å². The molecule has 0 amide bonds. The van der Waals surface area contributed by atoms with Crippen molar-refractivity contribution >= 4 is 17.0 Å². The van der Waals surface area contributed by atoms with E-state index in [0.29, 0.717) is 25.8 Å². The van der Waals surface area contributed by atoms with Crippen LogP contribution in [0.15, 0.2) is 18.2 Å². The molecule has 1 aromatic heterocycles. The van der Waals surface area contributed by atoms with Crippen LogP contribution in [0.3, 0.4) is 0 Å². The van der Waals surface area contributed by atoms with E-state index in [1.807, 2.05) is 36.6 Å². The lowest BCUT2D eigenvalue weighted by atomic mass is 10.2. The molecule has 1 aromatic carbocycles. The Bertz CT molecular complexity index is 551. The topological polar surface area (TPSA) is 62.3 Å². The summed E-state index contributed by atoms with van der Waals surface area (Å²) in [6.07, 6.45) is 0. The summed E-state index contributed by atoms with van der Waals surface area (Å²) in [5, 5.41) is 0. The van der Waals surface area contributed by atoms with Crippen molar-refractivity contribution in [3.8, 4) is 5.75 Å². The monoisotopic (exact) mass is 263 g/mol. The zero-order chi connectivity index (χ0) is 13.8. The van der Waals surface area contributed by atoms with E-state index < -0.39 is 0 Å². The second-order valence-electron chi connectivity index (χ2n) is 4.41. The van der Waals surface area contributed by atoms with Crippen LogP contribution in [0.1, 0.15) is 26.8 Å². The van der Waals surface area contributed by atoms with Gasteiger partial charge >= 0.3 is 0 Å². The van der Waals surface area contributed by atoms with Crippen molar-refractivity contribution in [1.82, 2.24) is 9.55 Å². The molecule has 0 bridgehead atoms. The molecule has 0 aliphatic rings. The largest absolute Gasteiger partial charge is 0.492 e. The number of anilines is 1. The van der Waals surface area contributed by atoms with Crippen molar-refractivity contribution < 1.29 is 9.47 Å². The first-order chi connectivity index (χ1) is 9.19. The Kier molecular flexibility index (Phi) is 4.27. The predicted molar refractivity (Wildman–Crippen MR) is 76.5 cm³/mol. The number of ether oxygens (including phenoxy) is 2. The van der Waals surface area contributed by atoms with Crippen LogP contribution in [-0.2, 0) is 4.74 Å². The third-order valence-corrected chi connectivity index (χ3v) is 3.01. The van der Waals surface area contributed by atoms with Crippen molar-refractivity contribution in [1.29, 1.82) is 0 Å². The van der Waals surface area contributed by atoms with Crippen LogP contribution in [0, 0.1) is 0 Å². The second kappa shape index (κ2) is 5.93. The summed E-state index contributed by atoms with van der Waals surface area (Å²) < 4.78 is 13.0. The first-order valence-electron chi connectivity index (χ1n) is 6.66. The summed E-state index contributed by atoms with van der Waals surface area (Å²) in [5.74, 6) is 1.27. The number of benzene rings is 1. The summed E-state index contributed by atoms with van der Waals surface area (Å²) in [7, 11) is 0. The van der Waals surface area contributed by atoms with Crippen molar-refractivity contribution in [2.45, 2.75) is 26.8 Å². The molecule has 19 heavy (non-hydrogen) atoms. The summed E-state index contributed by atoms with van der Waals surface area (Å²) in [6, 6.07) is 6.01. The van der Waals surface area contributed by atoms with Gasteiger partial charge in [-0.3, -0.25) is 0 Å². The summed E-state index contributed by atoms with van der Waals surface area (Å²) >= 11 is 0. The standard InChI is InChI=1S/C14H21N3O2/c1-4-18-9-10(3)17-11-7-6-8-12(19-5-2)13(11)16-14(17)15/h6-8,10H,4-5,9H2,1-3H3,(H2,15,16). The predicted octanol–water partition coefficient (Wildman–Crippen LogP) is 2.61. The van der Waals surface area contributed by atoms with Gasteiger partial charge in [-0.15, -0.1) is 0 Å². The molecule has 2 N–H and O–H groups in total. The fourth-order valence-corrected chi connectivity index (χ4v) is 2.21. The van der Waals surface area contributed by atoms with Gasteiger partial charge < -0.3 is 19.8 Å². The maximum atomic E-state index is 6.03. The maximum absolute atomic E-state index is 6.03. The van der Waals surface area contributed by atoms with Gasteiger partial charge in [0.15, 0.2) is 0 Å². The van der Waals surface area contributed by atoms with E-state index in [1.54, 1.807) is 0 Å². The van der Waals surface area contributed by atoms with Crippen LogP contribution >= 0.6 is 0 Å². The molecule has 0 radical (unpaired) electrons. The van der Waals surface area contributed by atoms with E-state index >= 15 is 0 Å². The Hall–Kier alpha value is -1.75. The Balaban J connectivity index is 2.44. The smallest absolute Gasteiger partial charge is 0.201 e. The Morgan fingerprint density at radius 2 is 2.11 bits per heavy atom. The van der Waals surface area contributed by atoms with Crippen molar-refractivity contribution in [3.63, 3.8) is 0 Å². The number of nitrogens with two attached hydrogens (primary N) is 1. The van der Waals surface area contributed by atoms with Crippen LogP contribution in [0.25, 0.3) is 11.0 Å². The number of nitrogen functional groups attached to an aromatic ring is 1. The van der Waals surface area contributed by atoms with Crippen molar-refractivity contribution in [2.24, 2.45) is 0 Å². The number of aromatic nitrogens is 2. The summed E-state index contributed by atoms with van der Waals surface area (Å²) in [5.41, 5.74) is 7.82. The Morgan fingerprint density at radius 1 is 1.32 bits per heavy atom. The van der Waals surface area contributed by atoms with Gasteiger partial charge in [0, 0.05) is 6.61 Å². The lowest BCUT2D eigenvalue weighted by Crippen LogP contribution is -2.14. The van der Waals surface area contributed by atoms with E-state index in [1.165, 1.54) is 0 Å². The minimum absolute atomic E-state index is 0.141. The SMILES string of the molecule is CCOCC(C)n1c(N)nc2c(OCC)cccc21. The van der Waals surface area contributed by atoms with Gasteiger partial charge in [-0.25, -0.2) is 4.98 Å². The third-order valence-electron chi connectivity index (χ3n) is 3.01. The van der Waals surface area contributed by atoms with Crippen LogP contribution in [0.4, 0.5) is 5.95 Å². The first kappa shape index (κ1) is 13.7. The minimum Gasteiger partial charge on any atom is -0.492 e. The molecule has 5 nitrogen and oxygen atoms in total. The lowest BCUT2D eigenvalue weighted by Gasteiger charge is -2.15. The molecular formula is C14H21N3O2. The molecule has 0 fully saturated rings. The molecule has 2 rings (SSSR count). The van der Waals surface area contributed by atoms with Gasteiger partial charge in [-0.05, 0) is 32.9 Å². The highest BCUT2D eigenvalue weighted by atomic mass is 16.5. The van der Waals surface area contributed by atoms with Gasteiger partial charge in [-0.2, -0.15) is 0 Å². The number of hydrogen-bond donors (Lipinski definition) is 1. The average Bonchev–Trinajstić information content (AvgIpc) is 2.73. The Morgan fingerprint density at radius 3 is 2.79 bits per heavy atom. The third kappa shape index (κ3) is 2.66. The maximum Gasteiger partial charge on any atom is 0.201 e. The quantitative estimate of drug-likeness (QED) is 0.870. The molecule has 0 saturated carbocycles. The van der Waals surface area contributed by atoms with Gasteiger partial charge in [-0.1, -0.05) is 6.07 Å². The Labute approximate surface area is 113 Å². The molecular weight excluding hydrogens is 242 g/mol. The van der Waals surface area contributed by atoms with Gasteiger partial charge in [0.1, 0.15) is 11.3 Å². The van der Waals surface area contributed by atoms with Crippen LogP contribution in [0.5, 0.6) is 5.75 Å². The number of rotatable bonds is 6. The van der Waals surface area contributed by atoms with E-state index in [2.05, 4.69) is 11.9 Å². The highest BCUT2D eigenvalue weighted by Crippen LogP contribution is 2.29. The van der Waals surface area contributed by atoms with Crippen LogP contribution < -0.4 is 10.5 Å². The van der Waals surface area contributed by atoms with E-state index in [0.717, 1.165) is 16.8 Å². The molecule has 1 atom stereocenters. The van der Waals surface area contributed by atoms with Gasteiger partial charge in [0.05, 0.1) is 24.8 Å². The van der Waals surface area contributed by atoms with Crippen LogP contribution in [0.2, 0.25) is 0 Å². The number of nitrogens with zero attached hydrogens (tertiary/aromatic N) is 2. The molecule has 5 heteroatoms. The molecule has 104 valence electrons. The molecule has 2 aromatic rings. The van der Waals surface area contributed by atoms with E-state index in [9.17, 15) is 0 Å². The summed E-state index contributed by atoms with van der Waals surface area (Å²) in [6.45, 7) is 7.93. The number of imidazole rings is 1. The number of para-hydroxylation sites is 1. The molecule has 0 aliphatic carbocycles. The van der Waals surface area contributed by atoms with Gasteiger partial charge in [0.2, 0.25) is 5.95 Å². The molecule has 1 heterocycles. The zero-order valence-electron chi connectivity index (χ0n) is 11.7. The lowest BCUT2D eigenvalue weighted by molar-refractivity contribution is 0.120. The number of hydrogen-bond acceptors (Lipinski definition) is 4. The molecule has 1 unspecified atom stereocenters. The van der Waals surface area contributed by atoms with Crippen LogP contribution in [-0.4, -0.2) is 29.4 Å². The number of fused-ring (bicyclic) bond motifs is 1. The van der Waals surface area contributed by atoms with Crippen molar-refractivity contribution in [2.75, 3.05) is 25.6 Å².